The Hall–Kier alpha value is -2.57. The summed E-state index contributed by atoms with van der Waals surface area (Å²) in [4.78, 5) is 13.9. The van der Waals surface area contributed by atoms with E-state index in [2.05, 4.69) is 29.3 Å². The average molecular weight is 411 g/mol. The van der Waals surface area contributed by atoms with Crippen LogP contribution in [0, 0.1) is 12.8 Å². The number of carbonyl (C=O) groups is 1. The molecule has 6 heteroatoms. The summed E-state index contributed by atoms with van der Waals surface area (Å²) in [7, 11) is 0. The molecule has 2 aromatic rings. The molecule has 2 aliphatic heterocycles. The number of fused-ring (bicyclic) bond motifs is 1. The number of ether oxygens (including phenoxy) is 2. The van der Waals surface area contributed by atoms with Gasteiger partial charge in [0.1, 0.15) is 24.2 Å². The van der Waals surface area contributed by atoms with Crippen molar-refractivity contribution in [1.82, 2.24) is 4.90 Å². The van der Waals surface area contributed by atoms with E-state index in [1.807, 2.05) is 30.3 Å². The minimum Gasteiger partial charge on any atom is -0.493 e. The van der Waals surface area contributed by atoms with Crippen molar-refractivity contribution < 1.29 is 19.4 Å². The Morgan fingerprint density at radius 1 is 1.17 bits per heavy atom. The molecule has 1 amide bonds. The average Bonchev–Trinajstić information content (AvgIpc) is 3.12. The number of piperidine rings is 1. The largest absolute Gasteiger partial charge is 0.493 e. The third kappa shape index (κ3) is 5.32. The normalized spacial score (nSPS) is 18.0. The molecule has 0 aliphatic carbocycles. The van der Waals surface area contributed by atoms with Crippen LogP contribution in [0.15, 0.2) is 42.5 Å². The van der Waals surface area contributed by atoms with Crippen LogP contribution in [-0.2, 0) is 11.2 Å². The number of nitrogens with zero attached hydrogens (tertiary/aromatic N) is 1. The van der Waals surface area contributed by atoms with Crippen LogP contribution in [0.2, 0.25) is 0 Å². The first kappa shape index (κ1) is 20.7. The van der Waals surface area contributed by atoms with Crippen molar-refractivity contribution in [2.75, 3.05) is 38.2 Å². The second kappa shape index (κ2) is 9.49. The summed E-state index contributed by atoms with van der Waals surface area (Å²) < 4.78 is 11.8. The highest BCUT2D eigenvalue weighted by molar-refractivity contribution is 6.00. The molecule has 30 heavy (non-hydrogen) atoms. The summed E-state index contributed by atoms with van der Waals surface area (Å²) in [5.41, 5.74) is 2.90. The Morgan fingerprint density at radius 3 is 2.77 bits per heavy atom. The Labute approximate surface area is 177 Å². The van der Waals surface area contributed by atoms with Crippen molar-refractivity contribution in [3.63, 3.8) is 0 Å². The number of hydrogen-bond donors (Lipinski definition) is 2. The van der Waals surface area contributed by atoms with Crippen molar-refractivity contribution in [2.45, 2.75) is 32.3 Å². The highest BCUT2D eigenvalue weighted by Crippen LogP contribution is 2.31. The molecule has 0 bridgehead atoms. The second-order valence-corrected chi connectivity index (χ2v) is 8.34. The van der Waals surface area contributed by atoms with Crippen LogP contribution >= 0.6 is 0 Å². The maximum atomic E-state index is 11.6. The molecule has 160 valence electrons. The molecule has 6 nitrogen and oxygen atoms in total. The Kier molecular flexibility index (Phi) is 6.55. The molecule has 0 aromatic heterocycles. The van der Waals surface area contributed by atoms with Gasteiger partial charge < -0.3 is 24.8 Å². The Balaban J connectivity index is 1.17. The molecule has 0 saturated carbocycles. The first-order valence-corrected chi connectivity index (χ1v) is 10.7. The molecular formula is C24H30N2O4. The number of anilines is 1. The number of benzene rings is 2. The number of amides is 1. The predicted octanol–water partition coefficient (Wildman–Crippen LogP) is 3.02. The van der Waals surface area contributed by atoms with Gasteiger partial charge in [-0.1, -0.05) is 18.2 Å². The van der Waals surface area contributed by atoms with Crippen molar-refractivity contribution in [3.05, 3.63) is 53.6 Å². The van der Waals surface area contributed by atoms with Crippen LogP contribution in [0.25, 0.3) is 0 Å². The lowest BCUT2D eigenvalue weighted by Crippen LogP contribution is -2.41. The third-order valence-corrected chi connectivity index (χ3v) is 5.83. The maximum absolute atomic E-state index is 11.6. The number of aryl methyl sites for hydroxylation is 1. The quantitative estimate of drug-likeness (QED) is 0.700. The molecule has 2 heterocycles. The summed E-state index contributed by atoms with van der Waals surface area (Å²) in [5.74, 6) is 2.15. The van der Waals surface area contributed by atoms with Crippen molar-refractivity contribution in [1.29, 1.82) is 0 Å². The first-order valence-electron chi connectivity index (χ1n) is 10.7. The Morgan fingerprint density at radius 2 is 1.97 bits per heavy atom. The van der Waals surface area contributed by atoms with Gasteiger partial charge >= 0.3 is 0 Å². The second-order valence-electron chi connectivity index (χ2n) is 8.34. The van der Waals surface area contributed by atoms with Gasteiger partial charge in [-0.2, -0.15) is 0 Å². The number of nitrogens with one attached hydrogen (secondary N) is 1. The van der Waals surface area contributed by atoms with Crippen LogP contribution < -0.4 is 14.8 Å². The SMILES string of the molecule is Cc1cccc(OCC2CCN(CC(O)COc3cccc4c3CC(=O)N4)CC2)c1. The fraction of sp³-hybridized carbons (Fsp3) is 0.458. The van der Waals surface area contributed by atoms with Gasteiger partial charge in [0.15, 0.2) is 0 Å². The molecule has 0 radical (unpaired) electrons. The van der Waals surface area contributed by atoms with Gasteiger partial charge in [0.05, 0.1) is 13.0 Å². The van der Waals surface area contributed by atoms with E-state index in [1.165, 1.54) is 5.56 Å². The molecule has 1 fully saturated rings. The van der Waals surface area contributed by atoms with Crippen LogP contribution in [0.3, 0.4) is 0 Å². The van der Waals surface area contributed by atoms with Gasteiger partial charge in [0.25, 0.3) is 0 Å². The van der Waals surface area contributed by atoms with E-state index in [-0.39, 0.29) is 12.5 Å². The maximum Gasteiger partial charge on any atom is 0.229 e. The van der Waals surface area contributed by atoms with E-state index < -0.39 is 6.10 Å². The lowest BCUT2D eigenvalue weighted by Gasteiger charge is -2.33. The molecule has 2 N–H and O–H groups in total. The van der Waals surface area contributed by atoms with Crippen LogP contribution in [0.4, 0.5) is 5.69 Å². The number of rotatable bonds is 8. The summed E-state index contributed by atoms with van der Waals surface area (Å²) in [5, 5.41) is 13.3. The molecule has 2 aromatic carbocycles. The zero-order valence-electron chi connectivity index (χ0n) is 17.5. The fourth-order valence-corrected chi connectivity index (χ4v) is 4.15. The standard InChI is InChI=1S/C24H30N2O4/c1-17-4-2-5-20(12-17)29-15-18-8-10-26(11-9-18)14-19(27)16-30-23-7-3-6-22-21(23)13-24(28)25-22/h2-7,12,18-19,27H,8-11,13-16H2,1H3,(H,25,28). The van der Waals surface area contributed by atoms with Crippen LogP contribution in [-0.4, -0.2) is 54.9 Å². The highest BCUT2D eigenvalue weighted by atomic mass is 16.5. The van der Waals surface area contributed by atoms with E-state index in [4.69, 9.17) is 9.47 Å². The van der Waals surface area contributed by atoms with Gasteiger partial charge in [-0.15, -0.1) is 0 Å². The molecule has 1 atom stereocenters. The number of hydrogen-bond acceptors (Lipinski definition) is 5. The number of aliphatic hydroxyl groups is 1. The van der Waals surface area contributed by atoms with Gasteiger partial charge in [-0.25, -0.2) is 0 Å². The summed E-state index contributed by atoms with van der Waals surface area (Å²) in [6.45, 7) is 5.55. The van der Waals surface area contributed by atoms with Crippen LogP contribution in [0.1, 0.15) is 24.0 Å². The van der Waals surface area contributed by atoms with E-state index in [9.17, 15) is 9.90 Å². The van der Waals surface area contributed by atoms with Gasteiger partial charge in [0, 0.05) is 17.8 Å². The van der Waals surface area contributed by atoms with Gasteiger partial charge in [-0.3, -0.25) is 4.79 Å². The number of aliphatic hydroxyl groups excluding tert-OH is 1. The smallest absolute Gasteiger partial charge is 0.229 e. The van der Waals surface area contributed by atoms with Gasteiger partial charge in [0.2, 0.25) is 5.91 Å². The number of β-amino-alcohol motifs (C(OH)–C–C–N with tert-alkyl or cyclic N) is 1. The zero-order chi connectivity index (χ0) is 20.9. The number of carbonyl (C=O) groups excluding carboxylic acids is 1. The summed E-state index contributed by atoms with van der Waals surface area (Å²) in [6.07, 6.45) is 1.91. The molecule has 1 unspecified atom stereocenters. The highest BCUT2D eigenvalue weighted by Gasteiger charge is 2.24. The van der Waals surface area contributed by atoms with Crippen molar-refractivity contribution in [2.24, 2.45) is 5.92 Å². The third-order valence-electron chi connectivity index (χ3n) is 5.83. The fourth-order valence-electron chi connectivity index (χ4n) is 4.15. The van der Waals surface area contributed by atoms with E-state index >= 15 is 0 Å². The molecule has 1 saturated heterocycles. The minimum absolute atomic E-state index is 0.0177. The zero-order valence-corrected chi connectivity index (χ0v) is 17.5. The van der Waals surface area contributed by atoms with Gasteiger partial charge in [-0.05, 0) is 68.6 Å². The van der Waals surface area contributed by atoms with Crippen molar-refractivity contribution in [3.8, 4) is 11.5 Å². The number of likely N-dealkylation sites (tertiary alicyclic amines) is 1. The van der Waals surface area contributed by atoms with Crippen LogP contribution in [0.5, 0.6) is 11.5 Å². The predicted molar refractivity (Wildman–Crippen MR) is 116 cm³/mol. The van der Waals surface area contributed by atoms with Crippen molar-refractivity contribution >= 4 is 11.6 Å². The van der Waals surface area contributed by atoms with E-state index in [0.717, 1.165) is 49.5 Å². The molecular weight excluding hydrogens is 380 g/mol. The molecule has 0 spiro atoms. The summed E-state index contributed by atoms with van der Waals surface area (Å²) in [6, 6.07) is 13.8. The van der Waals surface area contributed by atoms with E-state index in [0.29, 0.717) is 24.6 Å². The first-order chi connectivity index (χ1) is 14.6. The minimum atomic E-state index is -0.564. The molecule has 4 rings (SSSR count). The lowest BCUT2D eigenvalue weighted by atomic mass is 9.97. The lowest BCUT2D eigenvalue weighted by molar-refractivity contribution is -0.115. The Bertz CT molecular complexity index is 877. The van der Waals surface area contributed by atoms with E-state index in [1.54, 1.807) is 0 Å². The molecule has 2 aliphatic rings. The topological polar surface area (TPSA) is 71.0 Å². The summed E-state index contributed by atoms with van der Waals surface area (Å²) >= 11 is 0. The monoisotopic (exact) mass is 410 g/mol.